The predicted octanol–water partition coefficient (Wildman–Crippen LogP) is -5.26. The summed E-state index contributed by atoms with van der Waals surface area (Å²) >= 11 is 0. The standard InChI is InChI=1S/2CH2O3.2H2O.3Zn/c2*2-1(3)4;;;;;/h2*(H2,2,3,4);2*1H2;;;/q;;;;3*+2/p-6. The fourth-order valence-corrected chi connectivity index (χ4v) is 0. The minimum Gasteiger partial charge on any atom is -0.870 e. The molecule has 0 unspecified atom stereocenters. The Kier molecular flexibility index (Phi) is 154. The van der Waals surface area contributed by atoms with Crippen LogP contribution in [0.5, 0.6) is 0 Å². The maximum Gasteiger partial charge on any atom is 2.00 e. The first-order valence-corrected chi connectivity index (χ1v) is 1.22. The van der Waals surface area contributed by atoms with E-state index in [9.17, 15) is 0 Å². The topological polar surface area (TPSA) is 186 Å². The van der Waals surface area contributed by atoms with Gasteiger partial charge in [-0.2, -0.15) is 0 Å². The SMILES string of the molecule is O=C([O-])[O-].O=C([O-])[O-].[OH-].[OH-].[Zn+2].[Zn+2].[Zn+2]. The molecule has 0 heterocycles. The van der Waals surface area contributed by atoms with Crippen LogP contribution in [0.2, 0.25) is 0 Å². The molecule has 0 bridgehead atoms. The summed E-state index contributed by atoms with van der Waals surface area (Å²) in [7, 11) is 0. The molecule has 0 radical (unpaired) electrons. The van der Waals surface area contributed by atoms with Gasteiger partial charge in [0.25, 0.3) is 0 Å². The summed E-state index contributed by atoms with van der Waals surface area (Å²) in [5.74, 6) is 0. The Balaban J connectivity index is -0.00000000800. The van der Waals surface area contributed by atoms with Gasteiger partial charge >= 0.3 is 58.4 Å². The van der Waals surface area contributed by atoms with Gasteiger partial charge in [-0.15, -0.1) is 0 Å². The third-order valence-corrected chi connectivity index (χ3v) is 0. The van der Waals surface area contributed by atoms with Gasteiger partial charge < -0.3 is 41.0 Å². The van der Waals surface area contributed by atoms with Crippen molar-refractivity contribution in [3.8, 4) is 0 Å². The minimum absolute atomic E-state index is 0. The monoisotopic (exact) mass is 346 g/mol. The summed E-state index contributed by atoms with van der Waals surface area (Å²) < 4.78 is 0. The molecule has 8 nitrogen and oxygen atoms in total. The Morgan fingerprint density at radius 2 is 0.615 bits per heavy atom. The van der Waals surface area contributed by atoms with Gasteiger partial charge in [0.2, 0.25) is 0 Å². The van der Waals surface area contributed by atoms with E-state index in [0.29, 0.717) is 0 Å². The molecule has 0 saturated heterocycles. The third-order valence-electron chi connectivity index (χ3n) is 0. The van der Waals surface area contributed by atoms with Crippen LogP contribution in [0.4, 0.5) is 9.59 Å². The predicted molar refractivity (Wildman–Crippen MR) is 14.7 cm³/mol. The molecule has 0 rings (SSSR count). The normalized spacial score (nSPS) is 3.69. The second-order valence-corrected chi connectivity index (χ2v) is 0.500. The van der Waals surface area contributed by atoms with Gasteiger partial charge in [-0.1, -0.05) is 0 Å². The van der Waals surface area contributed by atoms with Gasteiger partial charge in [0.05, 0.1) is 0 Å². The summed E-state index contributed by atoms with van der Waals surface area (Å²) in [4.78, 5) is 16.7. The number of rotatable bonds is 0. The Morgan fingerprint density at radius 1 is 0.615 bits per heavy atom. The first kappa shape index (κ1) is 50.6. The molecule has 11 heteroatoms. The molecular weight excluding hydrogens is 348 g/mol. The van der Waals surface area contributed by atoms with Crippen molar-refractivity contribution in [1.82, 2.24) is 0 Å². The zero-order chi connectivity index (χ0) is 7.15. The van der Waals surface area contributed by atoms with E-state index in [1.165, 1.54) is 0 Å². The fraction of sp³-hybridized carbons (Fsp3) is 0. The molecule has 0 aromatic carbocycles. The Hall–Kier alpha value is 0.330. The van der Waals surface area contributed by atoms with Crippen molar-refractivity contribution in [2.24, 2.45) is 0 Å². The molecule has 0 atom stereocenters. The smallest absolute Gasteiger partial charge is 0.870 e. The number of carbonyl (C=O) groups is 2. The van der Waals surface area contributed by atoms with Crippen LogP contribution in [0, 0.1) is 0 Å². The van der Waals surface area contributed by atoms with Crippen molar-refractivity contribution in [1.29, 1.82) is 0 Å². The molecule has 0 saturated carbocycles. The van der Waals surface area contributed by atoms with Crippen LogP contribution < -0.4 is 20.4 Å². The van der Waals surface area contributed by atoms with Crippen LogP contribution in [-0.2, 0) is 58.4 Å². The van der Waals surface area contributed by atoms with Gasteiger partial charge in [-0.3, -0.25) is 0 Å². The number of hydrogen-bond donors (Lipinski definition) is 0. The van der Waals surface area contributed by atoms with Crippen molar-refractivity contribution in [3.63, 3.8) is 0 Å². The molecule has 0 amide bonds. The molecular formula is C2H2O8Zn3. The molecule has 0 aliphatic heterocycles. The summed E-state index contributed by atoms with van der Waals surface area (Å²) in [5, 5.41) is 33.3. The molecule has 0 fully saturated rings. The number of carboxylic acid groups (broad SMARTS) is 4. The zero-order valence-electron chi connectivity index (χ0n) is 6.47. The number of hydrogen-bond acceptors (Lipinski definition) is 8. The quantitative estimate of drug-likeness (QED) is 0.387. The summed E-state index contributed by atoms with van der Waals surface area (Å²) in [6.07, 6.45) is -4.67. The largest absolute Gasteiger partial charge is 2.00 e. The average Bonchev–Trinajstić information content (AvgIpc) is 1.25. The van der Waals surface area contributed by atoms with Crippen LogP contribution in [0.1, 0.15) is 0 Å². The first-order chi connectivity index (χ1) is 3.46. The molecule has 0 aromatic heterocycles. The van der Waals surface area contributed by atoms with E-state index in [1.54, 1.807) is 0 Å². The van der Waals surface area contributed by atoms with Crippen LogP contribution in [0.25, 0.3) is 0 Å². The van der Waals surface area contributed by atoms with Crippen molar-refractivity contribution in [2.45, 2.75) is 0 Å². The summed E-state index contributed by atoms with van der Waals surface area (Å²) in [6, 6.07) is 0. The Bertz CT molecular complexity index is 75.4. The van der Waals surface area contributed by atoms with E-state index in [-0.39, 0.29) is 69.4 Å². The maximum atomic E-state index is 8.33. The van der Waals surface area contributed by atoms with E-state index >= 15 is 0 Å². The van der Waals surface area contributed by atoms with Crippen LogP contribution >= 0.6 is 0 Å². The fourth-order valence-electron chi connectivity index (χ4n) is 0. The average molecular weight is 350 g/mol. The maximum absolute atomic E-state index is 8.33. The van der Waals surface area contributed by atoms with Crippen LogP contribution in [0.15, 0.2) is 0 Å². The third kappa shape index (κ3) is 12100. The number of carbonyl (C=O) groups excluding carboxylic acids is 2. The Morgan fingerprint density at radius 3 is 0.615 bits per heavy atom. The van der Waals surface area contributed by atoms with Crippen molar-refractivity contribution >= 4 is 12.3 Å². The molecule has 0 aliphatic carbocycles. The Labute approximate surface area is 111 Å². The first-order valence-electron chi connectivity index (χ1n) is 1.22. The van der Waals surface area contributed by atoms with Crippen molar-refractivity contribution < 1.29 is 99.4 Å². The van der Waals surface area contributed by atoms with Gasteiger partial charge in [0.1, 0.15) is 0 Å². The molecule has 13 heavy (non-hydrogen) atoms. The van der Waals surface area contributed by atoms with Crippen LogP contribution in [-0.4, -0.2) is 23.3 Å². The zero-order valence-corrected chi connectivity index (χ0v) is 15.4. The van der Waals surface area contributed by atoms with Gasteiger partial charge in [-0.05, 0) is 12.3 Å². The summed E-state index contributed by atoms with van der Waals surface area (Å²) in [6.45, 7) is 0. The minimum atomic E-state index is -2.33. The van der Waals surface area contributed by atoms with Gasteiger partial charge in [0.15, 0.2) is 0 Å². The van der Waals surface area contributed by atoms with E-state index in [1.807, 2.05) is 0 Å². The van der Waals surface area contributed by atoms with E-state index < -0.39 is 12.3 Å². The molecule has 0 spiro atoms. The second kappa shape index (κ2) is 39.5. The van der Waals surface area contributed by atoms with E-state index in [4.69, 9.17) is 30.0 Å². The van der Waals surface area contributed by atoms with Crippen LogP contribution in [0.3, 0.4) is 0 Å². The summed E-state index contributed by atoms with van der Waals surface area (Å²) in [5.41, 5.74) is 0. The van der Waals surface area contributed by atoms with E-state index in [0.717, 1.165) is 0 Å². The van der Waals surface area contributed by atoms with Crippen molar-refractivity contribution in [3.05, 3.63) is 0 Å². The molecule has 64 valence electrons. The van der Waals surface area contributed by atoms with Gasteiger partial charge in [0, 0.05) is 0 Å². The second-order valence-electron chi connectivity index (χ2n) is 0.500. The molecule has 0 aromatic rings. The van der Waals surface area contributed by atoms with Gasteiger partial charge in [-0.25, -0.2) is 0 Å². The van der Waals surface area contributed by atoms with E-state index in [2.05, 4.69) is 0 Å². The molecule has 0 aliphatic rings. The van der Waals surface area contributed by atoms with Crippen molar-refractivity contribution in [2.75, 3.05) is 0 Å². The molecule has 2 N–H and O–H groups in total.